The predicted octanol–water partition coefficient (Wildman–Crippen LogP) is 0.957. The number of hydrogen-bond donors (Lipinski definition) is 1. The van der Waals surface area contributed by atoms with Crippen molar-refractivity contribution in [3.8, 4) is 0 Å². The van der Waals surface area contributed by atoms with Crippen molar-refractivity contribution in [3.05, 3.63) is 18.7 Å². The van der Waals surface area contributed by atoms with Gasteiger partial charge in [0.05, 0.1) is 6.33 Å². The predicted molar refractivity (Wildman–Crippen MR) is 65.4 cm³/mol. The third-order valence-corrected chi connectivity index (χ3v) is 3.31. The molecule has 0 amide bonds. The van der Waals surface area contributed by atoms with Gasteiger partial charge in [0.2, 0.25) is 0 Å². The molecule has 0 saturated carbocycles. The van der Waals surface area contributed by atoms with Crippen molar-refractivity contribution in [2.24, 2.45) is 0 Å². The molecule has 1 atom stereocenters. The molecule has 2 rings (SSSR count). The summed E-state index contributed by atoms with van der Waals surface area (Å²) in [7, 11) is 2.22. The monoisotopic (exact) mass is 222 g/mol. The van der Waals surface area contributed by atoms with E-state index in [0.717, 1.165) is 13.1 Å². The molecule has 4 nitrogen and oxygen atoms in total. The van der Waals surface area contributed by atoms with E-state index in [1.54, 1.807) is 0 Å². The van der Waals surface area contributed by atoms with Gasteiger partial charge in [-0.15, -0.1) is 0 Å². The Morgan fingerprint density at radius 2 is 2.31 bits per heavy atom. The fourth-order valence-electron chi connectivity index (χ4n) is 2.26. The van der Waals surface area contributed by atoms with Gasteiger partial charge in [0, 0.05) is 31.5 Å². The SMILES string of the molecule is CN1CCCC(NCCn2ccnc2)CC1. The van der Waals surface area contributed by atoms with Crippen LogP contribution in [0, 0.1) is 0 Å². The molecule has 1 aromatic heterocycles. The highest BCUT2D eigenvalue weighted by atomic mass is 15.1. The van der Waals surface area contributed by atoms with Gasteiger partial charge in [0.15, 0.2) is 0 Å². The summed E-state index contributed by atoms with van der Waals surface area (Å²) < 4.78 is 2.12. The Bertz CT molecular complexity index is 283. The van der Waals surface area contributed by atoms with E-state index in [2.05, 4.69) is 26.8 Å². The quantitative estimate of drug-likeness (QED) is 0.823. The van der Waals surface area contributed by atoms with Crippen LogP contribution in [-0.4, -0.2) is 47.2 Å². The smallest absolute Gasteiger partial charge is 0.0946 e. The number of aromatic nitrogens is 2. The molecule has 1 aliphatic heterocycles. The van der Waals surface area contributed by atoms with Gasteiger partial charge in [-0.2, -0.15) is 0 Å². The fraction of sp³-hybridized carbons (Fsp3) is 0.750. The Labute approximate surface area is 97.7 Å². The van der Waals surface area contributed by atoms with E-state index in [1.165, 1.54) is 32.4 Å². The molecule has 1 N–H and O–H groups in total. The number of hydrogen-bond acceptors (Lipinski definition) is 3. The van der Waals surface area contributed by atoms with Gasteiger partial charge in [-0.1, -0.05) is 0 Å². The van der Waals surface area contributed by atoms with Crippen LogP contribution in [0.4, 0.5) is 0 Å². The average Bonchev–Trinajstić information content (AvgIpc) is 2.70. The first kappa shape index (κ1) is 11.6. The molecule has 1 aliphatic rings. The molecule has 0 aromatic carbocycles. The summed E-state index contributed by atoms with van der Waals surface area (Å²) in [6.07, 6.45) is 9.64. The Hall–Kier alpha value is -0.870. The van der Waals surface area contributed by atoms with Crippen molar-refractivity contribution >= 4 is 0 Å². The second-order valence-corrected chi connectivity index (χ2v) is 4.69. The third kappa shape index (κ3) is 3.61. The summed E-state index contributed by atoms with van der Waals surface area (Å²) in [4.78, 5) is 6.47. The van der Waals surface area contributed by atoms with Crippen molar-refractivity contribution in [1.29, 1.82) is 0 Å². The minimum absolute atomic E-state index is 0.702. The largest absolute Gasteiger partial charge is 0.336 e. The lowest BCUT2D eigenvalue weighted by Gasteiger charge is -2.16. The van der Waals surface area contributed by atoms with Gasteiger partial charge in [-0.05, 0) is 39.4 Å². The topological polar surface area (TPSA) is 33.1 Å². The van der Waals surface area contributed by atoms with Crippen molar-refractivity contribution in [2.45, 2.75) is 31.8 Å². The molecule has 1 aromatic rings. The molecule has 0 bridgehead atoms. The van der Waals surface area contributed by atoms with E-state index in [0.29, 0.717) is 6.04 Å². The molecule has 4 heteroatoms. The Morgan fingerprint density at radius 3 is 3.12 bits per heavy atom. The van der Waals surface area contributed by atoms with Gasteiger partial charge >= 0.3 is 0 Å². The maximum Gasteiger partial charge on any atom is 0.0946 e. The van der Waals surface area contributed by atoms with Crippen molar-refractivity contribution in [2.75, 3.05) is 26.7 Å². The summed E-state index contributed by atoms with van der Waals surface area (Å²) in [6.45, 7) is 4.54. The average molecular weight is 222 g/mol. The van der Waals surface area contributed by atoms with Crippen LogP contribution in [0.5, 0.6) is 0 Å². The first-order chi connectivity index (χ1) is 7.84. The summed E-state index contributed by atoms with van der Waals surface area (Å²) in [5.41, 5.74) is 0. The van der Waals surface area contributed by atoms with E-state index in [4.69, 9.17) is 0 Å². The van der Waals surface area contributed by atoms with Crippen LogP contribution >= 0.6 is 0 Å². The highest BCUT2D eigenvalue weighted by Crippen LogP contribution is 2.09. The number of nitrogens with zero attached hydrogens (tertiary/aromatic N) is 3. The summed E-state index contributed by atoms with van der Waals surface area (Å²) in [5.74, 6) is 0. The Kier molecular flexibility index (Phi) is 4.36. The lowest BCUT2D eigenvalue weighted by atomic mass is 10.1. The lowest BCUT2D eigenvalue weighted by molar-refractivity contribution is 0.343. The minimum Gasteiger partial charge on any atom is -0.336 e. The number of rotatable bonds is 4. The Morgan fingerprint density at radius 1 is 1.38 bits per heavy atom. The van der Waals surface area contributed by atoms with Gasteiger partial charge in [-0.25, -0.2) is 4.98 Å². The molecule has 1 fully saturated rings. The zero-order valence-corrected chi connectivity index (χ0v) is 10.1. The summed E-state index contributed by atoms with van der Waals surface area (Å²) >= 11 is 0. The van der Waals surface area contributed by atoms with Crippen molar-refractivity contribution in [3.63, 3.8) is 0 Å². The fourth-order valence-corrected chi connectivity index (χ4v) is 2.26. The van der Waals surface area contributed by atoms with E-state index in [1.807, 2.05) is 18.7 Å². The lowest BCUT2D eigenvalue weighted by Crippen LogP contribution is -2.32. The molecule has 0 aliphatic carbocycles. The van der Waals surface area contributed by atoms with Crippen LogP contribution in [0.3, 0.4) is 0 Å². The molecular formula is C12H22N4. The van der Waals surface area contributed by atoms with E-state index in [-0.39, 0.29) is 0 Å². The molecule has 2 heterocycles. The van der Waals surface area contributed by atoms with Gasteiger partial charge < -0.3 is 14.8 Å². The first-order valence-corrected chi connectivity index (χ1v) is 6.22. The standard InChI is InChI=1S/C12H22N4/c1-15-7-2-3-12(4-8-15)14-6-10-16-9-5-13-11-16/h5,9,11-12,14H,2-4,6-8,10H2,1H3. The second-order valence-electron chi connectivity index (χ2n) is 4.69. The normalized spacial score (nSPS) is 23.2. The van der Waals surface area contributed by atoms with Crippen LogP contribution in [0.1, 0.15) is 19.3 Å². The van der Waals surface area contributed by atoms with Crippen LogP contribution in [0.15, 0.2) is 18.7 Å². The maximum atomic E-state index is 4.04. The molecule has 16 heavy (non-hydrogen) atoms. The van der Waals surface area contributed by atoms with Gasteiger partial charge in [-0.3, -0.25) is 0 Å². The minimum atomic E-state index is 0.702. The zero-order chi connectivity index (χ0) is 11.2. The number of likely N-dealkylation sites (tertiary alicyclic amines) is 1. The van der Waals surface area contributed by atoms with Gasteiger partial charge in [0.25, 0.3) is 0 Å². The molecule has 1 saturated heterocycles. The van der Waals surface area contributed by atoms with Crippen molar-refractivity contribution in [1.82, 2.24) is 19.8 Å². The highest BCUT2D eigenvalue weighted by Gasteiger charge is 2.13. The third-order valence-electron chi connectivity index (χ3n) is 3.31. The van der Waals surface area contributed by atoms with Crippen LogP contribution in [0.25, 0.3) is 0 Å². The molecular weight excluding hydrogens is 200 g/mol. The van der Waals surface area contributed by atoms with Crippen LogP contribution < -0.4 is 5.32 Å². The van der Waals surface area contributed by atoms with Gasteiger partial charge in [0.1, 0.15) is 0 Å². The molecule has 0 radical (unpaired) electrons. The van der Waals surface area contributed by atoms with E-state index in [9.17, 15) is 0 Å². The molecule has 1 unspecified atom stereocenters. The van der Waals surface area contributed by atoms with E-state index < -0.39 is 0 Å². The highest BCUT2D eigenvalue weighted by molar-refractivity contribution is 4.76. The maximum absolute atomic E-state index is 4.04. The first-order valence-electron chi connectivity index (χ1n) is 6.22. The van der Waals surface area contributed by atoms with Crippen LogP contribution in [-0.2, 0) is 6.54 Å². The second kappa shape index (κ2) is 6.01. The van der Waals surface area contributed by atoms with E-state index >= 15 is 0 Å². The Balaban J connectivity index is 1.65. The molecule has 90 valence electrons. The molecule has 0 spiro atoms. The number of imidazole rings is 1. The summed E-state index contributed by atoms with van der Waals surface area (Å²) in [5, 5.41) is 3.65. The zero-order valence-electron chi connectivity index (χ0n) is 10.1. The van der Waals surface area contributed by atoms with Crippen molar-refractivity contribution < 1.29 is 0 Å². The number of nitrogens with one attached hydrogen (secondary N) is 1. The summed E-state index contributed by atoms with van der Waals surface area (Å²) in [6, 6.07) is 0.702. The van der Waals surface area contributed by atoms with Crippen LogP contribution in [0.2, 0.25) is 0 Å².